The van der Waals surface area contributed by atoms with Crippen LogP contribution in [0.1, 0.15) is 53.9 Å². The van der Waals surface area contributed by atoms with Gasteiger partial charge in [-0.3, -0.25) is 24.2 Å². The fourth-order valence-corrected chi connectivity index (χ4v) is 17.2. The third-order valence-electron chi connectivity index (χ3n) is 21.9. The summed E-state index contributed by atoms with van der Waals surface area (Å²) in [6, 6.07) is 42.8. The molecule has 612 valence electrons. The van der Waals surface area contributed by atoms with Gasteiger partial charge in [0.1, 0.15) is 64.8 Å². The molecule has 0 spiro atoms. The summed E-state index contributed by atoms with van der Waals surface area (Å²) in [6.07, 6.45) is 8.34. The van der Waals surface area contributed by atoms with Crippen molar-refractivity contribution in [1.29, 1.82) is 0 Å². The smallest absolute Gasteiger partial charge is 0.222 e. The minimum Gasteiger partial charge on any atom is -0.508 e. The number of hydrogen-bond donors (Lipinski definition) is 2. The lowest BCUT2D eigenvalue weighted by Crippen LogP contribution is -2.54. The van der Waals surface area contributed by atoms with Crippen LogP contribution in [0.5, 0.6) is 11.5 Å². The molecule has 0 radical (unpaired) electrons. The molecule has 8 heterocycles. The van der Waals surface area contributed by atoms with Crippen molar-refractivity contribution in [3.05, 3.63) is 218 Å². The molecule has 0 saturated carbocycles. The van der Waals surface area contributed by atoms with Gasteiger partial charge in [-0.05, 0) is 132 Å². The zero-order chi connectivity index (χ0) is 84.0. The van der Waals surface area contributed by atoms with Crippen molar-refractivity contribution in [3.8, 4) is 56.0 Å². The molecule has 9 aromatic carbocycles. The lowest BCUT2D eigenvalue weighted by molar-refractivity contribution is -0.134. The molecule has 0 aliphatic carbocycles. The Kier molecular flexibility index (Phi) is 26.2. The van der Waals surface area contributed by atoms with Crippen LogP contribution in [-0.4, -0.2) is 193 Å². The summed E-state index contributed by atoms with van der Waals surface area (Å²) in [6.45, 7) is 18.8. The summed E-state index contributed by atoms with van der Waals surface area (Å²) >= 11 is 38.1. The highest BCUT2D eigenvalue weighted by molar-refractivity contribution is 6.36. The Balaban J connectivity index is 0.000000130. The summed E-state index contributed by atoms with van der Waals surface area (Å²) in [7, 11) is 0. The summed E-state index contributed by atoms with van der Waals surface area (Å²) in [5.41, 5.74) is 6.64. The number of rotatable bonds is 12. The van der Waals surface area contributed by atoms with Crippen LogP contribution >= 0.6 is 69.6 Å². The highest BCUT2D eigenvalue weighted by Gasteiger charge is 2.33. The summed E-state index contributed by atoms with van der Waals surface area (Å²) in [5.74, 6) is 0.200. The number of halogens is 9. The molecular weight excluding hydrogens is 1640 g/mol. The van der Waals surface area contributed by atoms with Gasteiger partial charge in [-0.25, -0.2) is 43.1 Å². The number of fused-ring (bicyclic) bond motifs is 5. The number of anilines is 4. The quantitative estimate of drug-likeness (QED) is 0.108. The van der Waals surface area contributed by atoms with Crippen molar-refractivity contribution < 1.29 is 42.6 Å². The van der Waals surface area contributed by atoms with E-state index >= 15 is 8.78 Å². The maximum Gasteiger partial charge on any atom is 0.222 e. The van der Waals surface area contributed by atoms with Gasteiger partial charge in [0.25, 0.3) is 0 Å². The number of aromatic nitrogens is 7. The highest BCUT2D eigenvalue weighted by Crippen LogP contribution is 2.46. The molecule has 4 saturated heterocycles. The number of piperazine rings is 4. The fourth-order valence-electron chi connectivity index (χ4n) is 15.8. The fraction of sp³-hybridized carbons (Fsp3) is 0.270. The van der Waals surface area contributed by atoms with Crippen LogP contribution in [-0.2, 0) is 19.2 Å². The molecule has 4 amide bonds. The van der Waals surface area contributed by atoms with Gasteiger partial charge < -0.3 is 49.4 Å². The molecule has 0 bridgehead atoms. The standard InChI is InChI=1S/C24H19ClFN3O2.2C22H22Cl2N4O.C21H19ClF2N4O2/c25-20-13-19-21(29-9-7-28(14-30)8-10-29)5-6-27-24(19)23(26)22(20)18-12-16(31)11-15-3-1-2-4-17(15)18;2*1-3-21(29)28-9-8-27(12-14(28)2)22-18-10-17(15-4-6-16(23)7-5-15)19(24)11-20(18)25-13-26-22;1-2-16(30)27-6-8-28(9-7-27)21-12-10-13(22)17(19(24)20(12)25-11-26-21)18-14(23)4-3-5-15(18)29/h1-6,11-14,31H,7-10H2;2*4-7,10-11,13-14H,3,8-9,12H2,1-2H3;3-5,10-11,29H,2,6-9H2,1H3/t;14-;;/m.1../s1. The average molecular weight is 1730 g/mol. The third-order valence-corrected chi connectivity index (χ3v) is 23.6. The second-order valence-corrected chi connectivity index (χ2v) is 31.7. The second kappa shape index (κ2) is 37.0. The average Bonchev–Trinajstić information content (AvgIpc) is 0.754. The Hall–Kier alpha value is -11.1. The first kappa shape index (κ1) is 84.3. The molecule has 1 unspecified atom stereocenters. The number of benzene rings is 9. The van der Waals surface area contributed by atoms with Gasteiger partial charge in [0.2, 0.25) is 24.1 Å². The second-order valence-electron chi connectivity index (χ2n) is 29.2. The highest BCUT2D eigenvalue weighted by atomic mass is 35.5. The number of carbonyl (C=O) groups excluding carboxylic acids is 4. The Morgan fingerprint density at radius 3 is 1.45 bits per heavy atom. The minimum atomic E-state index is -0.832. The number of phenols is 2. The van der Waals surface area contributed by atoms with Crippen LogP contribution in [0.15, 0.2) is 171 Å². The van der Waals surface area contributed by atoms with Gasteiger partial charge in [0.05, 0.1) is 36.7 Å². The van der Waals surface area contributed by atoms with E-state index in [1.165, 1.54) is 30.6 Å². The predicted molar refractivity (Wildman–Crippen MR) is 469 cm³/mol. The van der Waals surface area contributed by atoms with E-state index in [0.717, 1.165) is 111 Å². The Labute approximate surface area is 715 Å². The third kappa shape index (κ3) is 18.0. The molecule has 4 aliphatic rings. The number of aromatic hydroxyl groups is 2. The SMILES string of the molecule is CCC(=O)N1CCN(c2ncnc3c(F)c(-c4c(O)cccc4F)c(Cl)cc23)CC1.CCC(=O)N1CCN(c2ncnc3cc(Cl)c(-c4ccc(Cl)cc4)cc23)CC1C.CCC(=O)N1CCN(c2ncnc3cc(Cl)c(-c4ccc(Cl)cc4)cc23)C[C@H]1C.O=CN1CCN(c2ccnc3c(F)c(-c4cc(O)cc5ccccc45)c(Cl)cc23)CC1. The Morgan fingerprint density at radius 2 is 0.924 bits per heavy atom. The topological polar surface area (TPSA) is 225 Å². The molecule has 119 heavy (non-hydrogen) atoms. The van der Waals surface area contributed by atoms with Gasteiger partial charge in [0.15, 0.2) is 11.6 Å². The van der Waals surface area contributed by atoms with Crippen molar-refractivity contribution in [2.75, 3.05) is 111 Å². The molecule has 13 aromatic rings. The number of carbonyl (C=O) groups is 4. The van der Waals surface area contributed by atoms with Gasteiger partial charge >= 0.3 is 0 Å². The van der Waals surface area contributed by atoms with Crippen LogP contribution in [0, 0.1) is 17.5 Å². The predicted octanol–water partition coefficient (Wildman–Crippen LogP) is 18.9. The zero-order valence-electron chi connectivity index (χ0n) is 65.6. The van der Waals surface area contributed by atoms with E-state index in [1.807, 2.05) is 139 Å². The lowest BCUT2D eigenvalue weighted by Gasteiger charge is -2.40. The van der Waals surface area contributed by atoms with Crippen LogP contribution < -0.4 is 19.6 Å². The van der Waals surface area contributed by atoms with Crippen LogP contribution in [0.2, 0.25) is 30.1 Å². The number of amides is 4. The number of hydrogen-bond acceptors (Lipinski definition) is 17. The van der Waals surface area contributed by atoms with Gasteiger partial charge in [-0.2, -0.15) is 0 Å². The normalized spacial score (nSPS) is 15.7. The maximum absolute atomic E-state index is 15.8. The first-order valence-corrected chi connectivity index (χ1v) is 41.3. The van der Waals surface area contributed by atoms with Crippen molar-refractivity contribution >= 4 is 171 Å². The number of phenolic OH excluding ortho intramolecular Hbond substituents is 2. The molecule has 21 nitrogen and oxygen atoms in total. The maximum atomic E-state index is 15.8. The van der Waals surface area contributed by atoms with Gasteiger partial charge in [-0.15, -0.1) is 0 Å². The van der Waals surface area contributed by atoms with Crippen molar-refractivity contribution in [2.24, 2.45) is 0 Å². The molecule has 2 N–H and O–H groups in total. The number of nitrogens with zero attached hydrogens (tertiary/aromatic N) is 15. The van der Waals surface area contributed by atoms with E-state index < -0.39 is 23.2 Å². The van der Waals surface area contributed by atoms with Crippen LogP contribution in [0.3, 0.4) is 0 Å². The van der Waals surface area contributed by atoms with E-state index in [1.54, 1.807) is 40.8 Å². The number of pyridine rings is 1. The van der Waals surface area contributed by atoms with Crippen LogP contribution in [0.4, 0.5) is 36.3 Å². The van der Waals surface area contributed by atoms with Crippen molar-refractivity contribution in [2.45, 2.75) is 66.0 Å². The molecule has 4 aliphatic heterocycles. The van der Waals surface area contributed by atoms with Crippen LogP contribution in [0.25, 0.3) is 98.9 Å². The summed E-state index contributed by atoms with van der Waals surface area (Å²) < 4.78 is 45.6. The molecular formula is C89H82Cl6F3N15O6. The van der Waals surface area contributed by atoms with Crippen molar-refractivity contribution in [3.63, 3.8) is 0 Å². The molecule has 4 aromatic heterocycles. The molecule has 4 fully saturated rings. The summed E-state index contributed by atoms with van der Waals surface area (Å²) in [5, 5.41) is 27.6. The lowest BCUT2D eigenvalue weighted by atomic mass is 9.96. The van der Waals surface area contributed by atoms with E-state index in [9.17, 15) is 33.8 Å². The first-order chi connectivity index (χ1) is 57.4. The van der Waals surface area contributed by atoms with Gasteiger partial charge in [-0.1, -0.05) is 145 Å². The van der Waals surface area contributed by atoms with E-state index in [2.05, 4.69) is 63.4 Å². The van der Waals surface area contributed by atoms with E-state index in [4.69, 9.17) is 69.6 Å². The Bertz CT molecular complexity index is 5820. The van der Waals surface area contributed by atoms with Crippen molar-refractivity contribution in [1.82, 2.24) is 54.5 Å². The van der Waals surface area contributed by atoms with E-state index in [-0.39, 0.29) is 73.3 Å². The molecule has 30 heteroatoms. The first-order valence-electron chi connectivity index (χ1n) is 39.0. The monoisotopic (exact) mass is 1720 g/mol. The van der Waals surface area contributed by atoms with E-state index in [0.29, 0.717) is 127 Å². The summed E-state index contributed by atoms with van der Waals surface area (Å²) in [4.78, 5) is 93.8. The zero-order valence-corrected chi connectivity index (χ0v) is 70.1. The molecule has 2 atom stereocenters. The van der Waals surface area contributed by atoms with Gasteiger partial charge in [0, 0.05) is 189 Å². The Morgan fingerprint density at radius 1 is 0.437 bits per heavy atom. The molecule has 17 rings (SSSR count). The largest absolute Gasteiger partial charge is 0.508 e. The minimum absolute atomic E-state index is 0.0193.